The molecule has 0 heterocycles. The van der Waals surface area contributed by atoms with Gasteiger partial charge in [-0.2, -0.15) is 0 Å². The minimum atomic E-state index is 0.350. The lowest BCUT2D eigenvalue weighted by Gasteiger charge is -2.32. The summed E-state index contributed by atoms with van der Waals surface area (Å²) >= 11 is 0. The van der Waals surface area contributed by atoms with E-state index in [-0.39, 0.29) is 0 Å². The predicted molar refractivity (Wildman–Crippen MR) is 90.1 cm³/mol. The Morgan fingerprint density at radius 1 is 1.15 bits per heavy atom. The quantitative estimate of drug-likeness (QED) is 0.368. The van der Waals surface area contributed by atoms with E-state index in [0.717, 1.165) is 19.3 Å². The van der Waals surface area contributed by atoms with Crippen molar-refractivity contribution in [2.45, 2.75) is 97.8 Å². The highest BCUT2D eigenvalue weighted by Crippen LogP contribution is 2.38. The molecule has 0 amide bonds. The Hall–Kier alpha value is -0.590. The van der Waals surface area contributed by atoms with E-state index in [2.05, 4.69) is 27.4 Å². The Bertz CT molecular complexity index is 256. The first-order valence-electron chi connectivity index (χ1n) is 8.70. The van der Waals surface area contributed by atoms with Crippen molar-refractivity contribution in [2.75, 3.05) is 0 Å². The second-order valence-corrected chi connectivity index (χ2v) is 6.62. The molecule has 0 unspecified atom stereocenters. The van der Waals surface area contributed by atoms with Gasteiger partial charge in [0.25, 0.3) is 0 Å². The molecule has 0 aromatic rings. The highest BCUT2D eigenvalue weighted by atomic mass is 16.1. The summed E-state index contributed by atoms with van der Waals surface area (Å²) in [5.74, 6) is 0.495. The van der Waals surface area contributed by atoms with Crippen molar-refractivity contribution in [3.63, 3.8) is 0 Å². The number of unbranched alkanes of at least 4 members (excludes halogenated alkanes) is 5. The molecule has 1 heteroatoms. The molecule has 0 N–H and O–H groups in total. The van der Waals surface area contributed by atoms with Gasteiger partial charge < -0.3 is 0 Å². The fourth-order valence-corrected chi connectivity index (χ4v) is 2.91. The van der Waals surface area contributed by atoms with Crippen LogP contribution in [0.1, 0.15) is 97.8 Å². The molecule has 0 bridgehead atoms. The first-order chi connectivity index (χ1) is 9.58. The van der Waals surface area contributed by atoms with Gasteiger partial charge in [-0.05, 0) is 31.1 Å². The van der Waals surface area contributed by atoms with Crippen LogP contribution in [0, 0.1) is 5.41 Å². The number of hydrogen-bond acceptors (Lipinski definition) is 1. The highest BCUT2D eigenvalue weighted by molar-refractivity contribution is 5.79. The van der Waals surface area contributed by atoms with Crippen LogP contribution in [0.25, 0.3) is 0 Å². The molecular weight excluding hydrogens is 244 g/mol. The number of hydrogen-bond donors (Lipinski definition) is 0. The Balaban J connectivity index is 0.000000511. The third-order valence-corrected chi connectivity index (χ3v) is 4.26. The van der Waals surface area contributed by atoms with Gasteiger partial charge in [-0.1, -0.05) is 65.4 Å². The van der Waals surface area contributed by atoms with Gasteiger partial charge in [-0.3, -0.25) is 4.79 Å². The first kappa shape index (κ1) is 19.4. The summed E-state index contributed by atoms with van der Waals surface area (Å²) in [4.78, 5) is 11.4. The standard InChI is InChI=1S/C13H24O.C6H12/c1-3-4-5-6-9-13(2)10-7-8-12(14)11-13;1-3-5-6-4-2/h3-11H2,1-2H3;3H,1,4-6H2,2H3/t13-;/m1./s1. The van der Waals surface area contributed by atoms with Crippen molar-refractivity contribution >= 4 is 5.78 Å². The molecule has 118 valence electrons. The monoisotopic (exact) mass is 280 g/mol. The summed E-state index contributed by atoms with van der Waals surface area (Å²) in [6.45, 7) is 10.3. The maximum Gasteiger partial charge on any atom is 0.133 e. The van der Waals surface area contributed by atoms with Crippen molar-refractivity contribution in [2.24, 2.45) is 5.41 Å². The number of rotatable bonds is 8. The molecule has 1 aliphatic carbocycles. The topological polar surface area (TPSA) is 17.1 Å². The van der Waals surface area contributed by atoms with E-state index in [9.17, 15) is 4.79 Å². The van der Waals surface area contributed by atoms with Crippen molar-refractivity contribution in [3.05, 3.63) is 12.7 Å². The Morgan fingerprint density at radius 2 is 1.85 bits per heavy atom. The van der Waals surface area contributed by atoms with Gasteiger partial charge >= 0.3 is 0 Å². The lowest BCUT2D eigenvalue weighted by atomic mass is 9.72. The Kier molecular flexibility index (Phi) is 11.8. The molecule has 20 heavy (non-hydrogen) atoms. The number of carbonyl (C=O) groups is 1. The predicted octanol–water partition coefficient (Wildman–Crippen LogP) is 6.47. The van der Waals surface area contributed by atoms with Crippen LogP contribution in [-0.4, -0.2) is 5.78 Å². The second kappa shape index (κ2) is 12.2. The van der Waals surface area contributed by atoms with Gasteiger partial charge in [0.1, 0.15) is 5.78 Å². The van der Waals surface area contributed by atoms with Gasteiger partial charge in [0, 0.05) is 12.8 Å². The first-order valence-corrected chi connectivity index (χ1v) is 8.70. The summed E-state index contributed by atoms with van der Waals surface area (Å²) < 4.78 is 0. The van der Waals surface area contributed by atoms with Crippen molar-refractivity contribution in [1.29, 1.82) is 0 Å². The molecule has 1 atom stereocenters. The third kappa shape index (κ3) is 10.2. The highest BCUT2D eigenvalue weighted by Gasteiger charge is 2.30. The average molecular weight is 280 g/mol. The zero-order chi connectivity index (χ0) is 15.3. The van der Waals surface area contributed by atoms with Gasteiger partial charge in [-0.15, -0.1) is 6.58 Å². The minimum absolute atomic E-state index is 0.350. The summed E-state index contributed by atoms with van der Waals surface area (Å²) in [6, 6.07) is 0. The fourth-order valence-electron chi connectivity index (χ4n) is 2.91. The van der Waals surface area contributed by atoms with Gasteiger partial charge in [0.05, 0.1) is 0 Å². The average Bonchev–Trinajstić information content (AvgIpc) is 2.42. The molecule has 1 nitrogen and oxygen atoms in total. The molecule has 1 saturated carbocycles. The number of ketones is 1. The molecule has 0 aromatic carbocycles. The van der Waals surface area contributed by atoms with Gasteiger partial charge in [0.2, 0.25) is 0 Å². The molecule has 0 radical (unpaired) electrons. The number of Topliss-reactive ketones (excluding diaryl/α,β-unsaturated/α-hetero) is 1. The van der Waals surface area contributed by atoms with E-state index in [4.69, 9.17) is 0 Å². The van der Waals surface area contributed by atoms with Crippen LogP contribution in [0.2, 0.25) is 0 Å². The maximum absolute atomic E-state index is 11.4. The lowest BCUT2D eigenvalue weighted by Crippen LogP contribution is -2.25. The van der Waals surface area contributed by atoms with E-state index in [1.165, 1.54) is 57.8 Å². The zero-order valence-electron chi connectivity index (χ0n) is 14.2. The van der Waals surface area contributed by atoms with Crippen LogP contribution in [0.3, 0.4) is 0 Å². The molecule has 1 aliphatic rings. The fraction of sp³-hybridized carbons (Fsp3) is 0.842. The van der Waals surface area contributed by atoms with Crippen LogP contribution < -0.4 is 0 Å². The second-order valence-electron chi connectivity index (χ2n) is 6.62. The Labute approximate surface area is 127 Å². The third-order valence-electron chi connectivity index (χ3n) is 4.26. The summed E-state index contributed by atoms with van der Waals surface area (Å²) in [6.07, 6.45) is 16.4. The van der Waals surface area contributed by atoms with Crippen LogP contribution in [-0.2, 0) is 4.79 Å². The lowest BCUT2D eigenvalue weighted by molar-refractivity contribution is -0.123. The van der Waals surface area contributed by atoms with Crippen molar-refractivity contribution in [3.8, 4) is 0 Å². The zero-order valence-corrected chi connectivity index (χ0v) is 14.2. The normalized spacial score (nSPS) is 22.1. The number of allylic oxidation sites excluding steroid dienone is 1. The number of carbonyl (C=O) groups excluding carboxylic acids is 1. The molecule has 0 aliphatic heterocycles. The summed E-state index contributed by atoms with van der Waals surface area (Å²) in [7, 11) is 0. The molecule has 1 fully saturated rings. The largest absolute Gasteiger partial charge is 0.300 e. The maximum atomic E-state index is 11.4. The van der Waals surface area contributed by atoms with E-state index < -0.39 is 0 Å². The van der Waals surface area contributed by atoms with E-state index >= 15 is 0 Å². The smallest absolute Gasteiger partial charge is 0.133 e. The van der Waals surface area contributed by atoms with Crippen LogP contribution in [0.4, 0.5) is 0 Å². The summed E-state index contributed by atoms with van der Waals surface area (Å²) in [5.41, 5.74) is 0.350. The molecular formula is C19H36O. The van der Waals surface area contributed by atoms with Crippen LogP contribution in [0.5, 0.6) is 0 Å². The van der Waals surface area contributed by atoms with E-state index in [0.29, 0.717) is 11.2 Å². The summed E-state index contributed by atoms with van der Waals surface area (Å²) in [5, 5.41) is 0. The minimum Gasteiger partial charge on any atom is -0.300 e. The molecule has 0 saturated heterocycles. The molecule has 1 rings (SSSR count). The SMILES string of the molecule is C=CCCCC.CCCCCC[C@]1(C)CCCC(=O)C1. The van der Waals surface area contributed by atoms with Crippen LogP contribution >= 0.6 is 0 Å². The van der Waals surface area contributed by atoms with E-state index in [1.54, 1.807) is 0 Å². The molecule has 0 aromatic heterocycles. The van der Waals surface area contributed by atoms with Gasteiger partial charge in [0.15, 0.2) is 0 Å². The van der Waals surface area contributed by atoms with Crippen LogP contribution in [0.15, 0.2) is 12.7 Å². The molecule has 0 spiro atoms. The van der Waals surface area contributed by atoms with Gasteiger partial charge in [-0.25, -0.2) is 0 Å². The van der Waals surface area contributed by atoms with E-state index in [1.807, 2.05) is 6.08 Å². The van der Waals surface area contributed by atoms with Crippen molar-refractivity contribution in [1.82, 2.24) is 0 Å². The van der Waals surface area contributed by atoms with Crippen molar-refractivity contribution < 1.29 is 4.79 Å². The Morgan fingerprint density at radius 3 is 2.35 bits per heavy atom.